The molecule has 2 aliphatic rings. The van der Waals surface area contributed by atoms with Gasteiger partial charge in [-0.1, -0.05) is 18.2 Å². The molecule has 5 rings (SSSR count). The van der Waals surface area contributed by atoms with Crippen molar-refractivity contribution in [3.05, 3.63) is 65.4 Å². The van der Waals surface area contributed by atoms with Crippen molar-refractivity contribution in [3.8, 4) is 0 Å². The number of furan rings is 1. The van der Waals surface area contributed by atoms with Gasteiger partial charge in [0.1, 0.15) is 11.3 Å². The molecule has 6 nitrogen and oxygen atoms in total. The highest BCUT2D eigenvalue weighted by Gasteiger charge is 2.39. The van der Waals surface area contributed by atoms with Crippen LogP contribution in [0.15, 0.2) is 52.9 Å². The highest BCUT2D eigenvalue weighted by atomic mass is 19.4. The first-order valence-corrected chi connectivity index (χ1v) is 11.7. The number of para-hydroxylation sites is 1. The Morgan fingerprint density at radius 3 is 2.11 bits per heavy atom. The van der Waals surface area contributed by atoms with Crippen LogP contribution in [0.1, 0.15) is 16.9 Å². The summed E-state index contributed by atoms with van der Waals surface area (Å²) >= 11 is 0. The predicted molar refractivity (Wildman–Crippen MR) is 124 cm³/mol. The van der Waals surface area contributed by atoms with E-state index in [1.807, 2.05) is 30.3 Å². The second-order valence-corrected chi connectivity index (χ2v) is 9.35. The van der Waals surface area contributed by atoms with Crippen LogP contribution < -0.4 is 5.32 Å². The number of alkyl halides is 6. The van der Waals surface area contributed by atoms with Crippen molar-refractivity contribution < 1.29 is 35.6 Å². The van der Waals surface area contributed by atoms with Crippen molar-refractivity contribution in [1.82, 2.24) is 14.7 Å². The van der Waals surface area contributed by atoms with E-state index in [0.29, 0.717) is 31.8 Å². The molecule has 2 aliphatic heterocycles. The summed E-state index contributed by atoms with van der Waals surface area (Å²) in [6, 6.07) is 10.3. The van der Waals surface area contributed by atoms with Gasteiger partial charge in [0.05, 0.1) is 17.7 Å². The number of nitrogens with zero attached hydrogens (tertiary/aromatic N) is 3. The molecule has 2 amide bonds. The van der Waals surface area contributed by atoms with E-state index in [4.69, 9.17) is 4.42 Å². The van der Waals surface area contributed by atoms with Crippen molar-refractivity contribution in [1.29, 1.82) is 0 Å². The Hall–Kier alpha value is -3.25. The largest absolute Gasteiger partial charge is 0.460 e. The van der Waals surface area contributed by atoms with Gasteiger partial charge in [0.15, 0.2) is 0 Å². The molecule has 2 aromatic carbocycles. The van der Waals surface area contributed by atoms with E-state index in [9.17, 15) is 31.1 Å². The monoisotopic (exact) mass is 526 g/mol. The topological polar surface area (TPSA) is 52.0 Å². The van der Waals surface area contributed by atoms with Crippen LogP contribution in [0, 0.1) is 0 Å². The van der Waals surface area contributed by atoms with E-state index in [-0.39, 0.29) is 12.1 Å². The van der Waals surface area contributed by atoms with Crippen LogP contribution in [-0.4, -0.2) is 66.0 Å². The molecular formula is C25H24F6N4O2. The summed E-state index contributed by atoms with van der Waals surface area (Å²) < 4.78 is 84.2. The first-order chi connectivity index (χ1) is 17.5. The predicted octanol–water partition coefficient (Wildman–Crippen LogP) is 5.50. The zero-order chi connectivity index (χ0) is 26.4. The molecule has 2 fully saturated rings. The Balaban J connectivity index is 1.12. The number of likely N-dealkylation sites (tertiary alicyclic amines) is 1. The molecule has 198 valence electrons. The quantitative estimate of drug-likeness (QED) is 0.456. The Labute approximate surface area is 208 Å². The van der Waals surface area contributed by atoms with Crippen molar-refractivity contribution in [2.24, 2.45) is 0 Å². The fourth-order valence-corrected chi connectivity index (χ4v) is 4.70. The Kier molecular flexibility index (Phi) is 6.57. The summed E-state index contributed by atoms with van der Waals surface area (Å²) in [7, 11) is 0. The standard InChI is InChI=1S/C25H24F6N4O2/c26-24(27,28)17-10-18(25(29,30)31)12-19(11-17)32-23(36)35-13-20(14-35)34-7-5-33(6-8-34)15-21-9-16-3-1-2-4-22(16)37-21/h1-4,9-12,20H,5-8,13-15H2,(H,32,36). The van der Waals surface area contributed by atoms with Gasteiger partial charge in [0, 0.05) is 56.4 Å². The lowest BCUT2D eigenvalue weighted by Crippen LogP contribution is -2.64. The summed E-state index contributed by atoms with van der Waals surface area (Å²) in [5.41, 5.74) is -2.64. The van der Waals surface area contributed by atoms with Crippen molar-refractivity contribution in [2.75, 3.05) is 44.6 Å². The number of carbonyl (C=O) groups is 1. The van der Waals surface area contributed by atoms with Gasteiger partial charge in [0.2, 0.25) is 0 Å². The fourth-order valence-electron chi connectivity index (χ4n) is 4.70. The molecule has 3 aromatic rings. The van der Waals surface area contributed by atoms with E-state index in [2.05, 4.69) is 15.1 Å². The molecule has 0 saturated carbocycles. The van der Waals surface area contributed by atoms with E-state index in [1.54, 1.807) is 0 Å². The van der Waals surface area contributed by atoms with Gasteiger partial charge >= 0.3 is 18.4 Å². The first-order valence-electron chi connectivity index (χ1n) is 11.7. The highest BCUT2D eigenvalue weighted by Crippen LogP contribution is 2.37. The smallest absolute Gasteiger partial charge is 0.416 e. The van der Waals surface area contributed by atoms with Gasteiger partial charge in [-0.2, -0.15) is 26.3 Å². The summed E-state index contributed by atoms with van der Waals surface area (Å²) in [5, 5.41) is 3.25. The second kappa shape index (κ2) is 9.56. The number of hydrogen-bond donors (Lipinski definition) is 1. The lowest BCUT2D eigenvalue weighted by atomic mass is 10.1. The minimum absolute atomic E-state index is 0.0309. The Morgan fingerprint density at radius 1 is 0.892 bits per heavy atom. The normalized spacial score (nSPS) is 18.3. The number of fused-ring (bicyclic) bond motifs is 1. The number of halogens is 6. The molecule has 1 N–H and O–H groups in total. The molecule has 0 radical (unpaired) electrons. The van der Waals surface area contributed by atoms with Gasteiger partial charge in [-0.25, -0.2) is 4.79 Å². The molecule has 0 atom stereocenters. The molecule has 2 saturated heterocycles. The van der Waals surface area contributed by atoms with Crippen LogP contribution >= 0.6 is 0 Å². The average Bonchev–Trinajstić information content (AvgIpc) is 3.20. The summed E-state index contributed by atoms with van der Waals surface area (Å²) in [6.45, 7) is 4.57. The minimum Gasteiger partial charge on any atom is -0.460 e. The van der Waals surface area contributed by atoms with Gasteiger partial charge < -0.3 is 14.6 Å². The molecule has 3 heterocycles. The SMILES string of the molecule is O=C(Nc1cc(C(F)(F)F)cc(C(F)(F)F)c1)N1CC(N2CCN(Cc3cc4ccccc4o3)CC2)C1. The van der Waals surface area contributed by atoms with Crippen molar-refractivity contribution in [2.45, 2.75) is 24.9 Å². The summed E-state index contributed by atoms with van der Waals surface area (Å²) in [5.74, 6) is 0.893. The van der Waals surface area contributed by atoms with E-state index >= 15 is 0 Å². The molecule has 12 heteroatoms. The van der Waals surface area contributed by atoms with Crippen LogP contribution in [0.2, 0.25) is 0 Å². The van der Waals surface area contributed by atoms with Crippen LogP contribution in [0.4, 0.5) is 36.8 Å². The van der Waals surface area contributed by atoms with E-state index < -0.39 is 35.2 Å². The molecule has 37 heavy (non-hydrogen) atoms. The van der Waals surface area contributed by atoms with Crippen molar-refractivity contribution >= 4 is 22.7 Å². The lowest BCUT2D eigenvalue weighted by molar-refractivity contribution is -0.143. The molecule has 0 spiro atoms. The second-order valence-electron chi connectivity index (χ2n) is 9.35. The third kappa shape index (κ3) is 5.69. The van der Waals surface area contributed by atoms with Gasteiger partial charge in [-0.3, -0.25) is 9.80 Å². The zero-order valence-electron chi connectivity index (χ0n) is 19.6. The maximum atomic E-state index is 13.1. The number of amides is 2. The minimum atomic E-state index is -4.98. The molecular weight excluding hydrogens is 502 g/mol. The Bertz CT molecular complexity index is 1210. The Morgan fingerprint density at radius 2 is 1.51 bits per heavy atom. The number of hydrogen-bond acceptors (Lipinski definition) is 4. The number of nitrogens with one attached hydrogen (secondary N) is 1. The van der Waals surface area contributed by atoms with E-state index in [1.165, 1.54) is 4.90 Å². The highest BCUT2D eigenvalue weighted by molar-refractivity contribution is 5.90. The number of benzene rings is 2. The lowest BCUT2D eigenvalue weighted by Gasteiger charge is -2.47. The maximum absolute atomic E-state index is 13.1. The summed E-state index contributed by atoms with van der Waals surface area (Å²) in [6.07, 6.45) is -9.95. The third-order valence-electron chi connectivity index (χ3n) is 6.77. The first kappa shape index (κ1) is 25.4. The van der Waals surface area contributed by atoms with Crippen LogP contribution in [0.25, 0.3) is 11.0 Å². The molecule has 0 aliphatic carbocycles. The van der Waals surface area contributed by atoms with Gasteiger partial charge in [0.25, 0.3) is 0 Å². The number of anilines is 1. The third-order valence-corrected chi connectivity index (χ3v) is 6.77. The zero-order valence-corrected chi connectivity index (χ0v) is 19.6. The molecule has 0 unspecified atom stereocenters. The fraction of sp³-hybridized carbons (Fsp3) is 0.400. The van der Waals surface area contributed by atoms with E-state index in [0.717, 1.165) is 42.9 Å². The molecule has 0 bridgehead atoms. The van der Waals surface area contributed by atoms with Gasteiger partial charge in [-0.05, 0) is 30.3 Å². The van der Waals surface area contributed by atoms with Crippen molar-refractivity contribution in [3.63, 3.8) is 0 Å². The average molecular weight is 526 g/mol. The molecule has 1 aromatic heterocycles. The number of piperazine rings is 1. The number of urea groups is 1. The van der Waals surface area contributed by atoms with Gasteiger partial charge in [-0.15, -0.1) is 0 Å². The number of rotatable bonds is 4. The number of carbonyl (C=O) groups excluding carboxylic acids is 1. The van der Waals surface area contributed by atoms with Crippen LogP contribution in [0.5, 0.6) is 0 Å². The van der Waals surface area contributed by atoms with Crippen LogP contribution in [-0.2, 0) is 18.9 Å². The maximum Gasteiger partial charge on any atom is 0.416 e. The summed E-state index contributed by atoms with van der Waals surface area (Å²) in [4.78, 5) is 18.4. The van der Waals surface area contributed by atoms with Crippen LogP contribution in [0.3, 0.4) is 0 Å².